The maximum Gasteiger partial charge on any atom is 0.264 e. The van der Waals surface area contributed by atoms with Gasteiger partial charge in [-0.1, -0.05) is 42.3 Å². The molecule has 172 valence electrons. The van der Waals surface area contributed by atoms with E-state index in [9.17, 15) is 13.2 Å². The Labute approximate surface area is 195 Å². The summed E-state index contributed by atoms with van der Waals surface area (Å²) in [6.07, 6.45) is 6.14. The Kier molecular flexibility index (Phi) is 8.73. The number of halogens is 1. The highest BCUT2D eigenvalue weighted by Crippen LogP contribution is 2.30. The molecule has 1 heterocycles. The Hall–Kier alpha value is -2.35. The van der Waals surface area contributed by atoms with E-state index < -0.39 is 10.0 Å². The first-order chi connectivity index (χ1) is 15.4. The van der Waals surface area contributed by atoms with Gasteiger partial charge in [0.15, 0.2) is 0 Å². The van der Waals surface area contributed by atoms with Crippen molar-refractivity contribution in [1.29, 1.82) is 0 Å². The van der Waals surface area contributed by atoms with Gasteiger partial charge < -0.3 is 10.2 Å². The van der Waals surface area contributed by atoms with E-state index in [2.05, 4.69) is 16.8 Å². The number of likely N-dealkylation sites (tertiary alicyclic amines) is 1. The van der Waals surface area contributed by atoms with E-state index in [4.69, 9.17) is 11.6 Å². The standard InChI is InChI=1S/C24H30ClN3O3S/c1-2-15-28(23-13-5-4-12-22(23)25)32(30,31)21-11-8-10-20(19-21)24(29)26-14-9-18-27-16-6-3-7-17-27/h2,4-5,8,10-13,19H,1,3,6-7,9,14-18H2,(H,26,29). The van der Waals surface area contributed by atoms with E-state index in [0.717, 1.165) is 26.1 Å². The van der Waals surface area contributed by atoms with Gasteiger partial charge in [0.25, 0.3) is 15.9 Å². The van der Waals surface area contributed by atoms with Crippen LogP contribution in [0, 0.1) is 0 Å². The molecule has 0 bridgehead atoms. The minimum absolute atomic E-state index is 0.0280. The average Bonchev–Trinajstić information content (AvgIpc) is 2.81. The minimum atomic E-state index is -3.94. The van der Waals surface area contributed by atoms with Gasteiger partial charge in [-0.05, 0) is 69.2 Å². The number of nitrogens with zero attached hydrogens (tertiary/aromatic N) is 2. The van der Waals surface area contributed by atoms with Crippen LogP contribution in [0.25, 0.3) is 0 Å². The molecule has 1 saturated heterocycles. The van der Waals surface area contributed by atoms with Gasteiger partial charge in [0.05, 0.1) is 22.2 Å². The molecule has 1 amide bonds. The van der Waals surface area contributed by atoms with Crippen molar-refractivity contribution >= 4 is 33.2 Å². The van der Waals surface area contributed by atoms with E-state index in [1.54, 1.807) is 36.4 Å². The largest absolute Gasteiger partial charge is 0.352 e. The lowest BCUT2D eigenvalue weighted by atomic mass is 10.1. The molecule has 1 aliphatic heterocycles. The first kappa shape index (κ1) is 24.3. The van der Waals surface area contributed by atoms with Crippen LogP contribution >= 0.6 is 11.6 Å². The monoisotopic (exact) mass is 475 g/mol. The van der Waals surface area contributed by atoms with Crippen molar-refractivity contribution in [2.24, 2.45) is 0 Å². The summed E-state index contributed by atoms with van der Waals surface area (Å²) < 4.78 is 27.9. The molecule has 0 unspecified atom stereocenters. The Morgan fingerprint density at radius 2 is 1.88 bits per heavy atom. The molecular weight excluding hydrogens is 446 g/mol. The van der Waals surface area contributed by atoms with Gasteiger partial charge in [-0.3, -0.25) is 9.10 Å². The minimum Gasteiger partial charge on any atom is -0.352 e. The van der Waals surface area contributed by atoms with E-state index in [1.807, 2.05) is 0 Å². The molecule has 2 aromatic rings. The summed E-state index contributed by atoms with van der Waals surface area (Å²) in [6, 6.07) is 12.8. The van der Waals surface area contributed by atoms with Crippen LogP contribution in [0.1, 0.15) is 36.0 Å². The van der Waals surface area contributed by atoms with Crippen molar-refractivity contribution in [2.75, 3.05) is 37.0 Å². The maximum absolute atomic E-state index is 13.4. The first-order valence-corrected chi connectivity index (χ1v) is 12.7. The molecule has 2 aromatic carbocycles. The van der Waals surface area contributed by atoms with E-state index in [-0.39, 0.29) is 17.3 Å². The second-order valence-electron chi connectivity index (χ2n) is 7.82. The van der Waals surface area contributed by atoms with E-state index >= 15 is 0 Å². The fraction of sp³-hybridized carbons (Fsp3) is 0.375. The van der Waals surface area contributed by atoms with Crippen molar-refractivity contribution in [2.45, 2.75) is 30.6 Å². The molecule has 0 saturated carbocycles. The Bertz CT molecular complexity index is 1040. The van der Waals surface area contributed by atoms with Crippen molar-refractivity contribution < 1.29 is 13.2 Å². The molecular formula is C24H30ClN3O3S. The lowest BCUT2D eigenvalue weighted by Crippen LogP contribution is -2.33. The molecule has 0 atom stereocenters. The Balaban J connectivity index is 1.69. The third kappa shape index (κ3) is 6.12. The van der Waals surface area contributed by atoms with Gasteiger partial charge in [-0.15, -0.1) is 6.58 Å². The summed E-state index contributed by atoms with van der Waals surface area (Å²) in [7, 11) is -3.94. The lowest BCUT2D eigenvalue weighted by Gasteiger charge is -2.26. The summed E-state index contributed by atoms with van der Waals surface area (Å²) >= 11 is 6.25. The molecule has 1 fully saturated rings. The van der Waals surface area contributed by atoms with Gasteiger partial charge in [0.1, 0.15) is 0 Å². The van der Waals surface area contributed by atoms with Gasteiger partial charge in [-0.2, -0.15) is 0 Å². The SMILES string of the molecule is C=CCN(c1ccccc1Cl)S(=O)(=O)c1cccc(C(=O)NCCCN2CCCCC2)c1. The zero-order valence-corrected chi connectivity index (χ0v) is 19.7. The van der Waals surface area contributed by atoms with Crippen LogP contribution in [0.3, 0.4) is 0 Å². The number of benzene rings is 2. The van der Waals surface area contributed by atoms with Crippen LogP contribution in [0.15, 0.2) is 66.1 Å². The van der Waals surface area contributed by atoms with Crippen LogP contribution in [0.5, 0.6) is 0 Å². The lowest BCUT2D eigenvalue weighted by molar-refractivity contribution is 0.0951. The summed E-state index contributed by atoms with van der Waals surface area (Å²) in [4.78, 5) is 15.1. The van der Waals surface area contributed by atoms with Gasteiger partial charge in [0.2, 0.25) is 0 Å². The van der Waals surface area contributed by atoms with Crippen LogP contribution in [-0.2, 0) is 10.0 Å². The van der Waals surface area contributed by atoms with Gasteiger partial charge in [-0.25, -0.2) is 8.42 Å². The van der Waals surface area contributed by atoms with Crippen molar-refractivity contribution in [1.82, 2.24) is 10.2 Å². The second-order valence-corrected chi connectivity index (χ2v) is 10.1. The van der Waals surface area contributed by atoms with Crippen molar-refractivity contribution in [3.8, 4) is 0 Å². The number of nitrogens with one attached hydrogen (secondary N) is 1. The number of anilines is 1. The number of hydrogen-bond acceptors (Lipinski definition) is 4. The molecule has 0 aliphatic carbocycles. The highest BCUT2D eigenvalue weighted by Gasteiger charge is 2.26. The quantitative estimate of drug-likeness (QED) is 0.410. The molecule has 0 radical (unpaired) electrons. The fourth-order valence-electron chi connectivity index (χ4n) is 3.81. The third-order valence-corrected chi connectivity index (χ3v) is 7.58. The van der Waals surface area contributed by atoms with Crippen molar-refractivity contribution in [3.63, 3.8) is 0 Å². The molecule has 3 rings (SSSR count). The number of hydrogen-bond donors (Lipinski definition) is 1. The maximum atomic E-state index is 13.4. The Morgan fingerprint density at radius 3 is 2.59 bits per heavy atom. The van der Waals surface area contributed by atoms with E-state index in [1.165, 1.54) is 41.8 Å². The third-order valence-electron chi connectivity index (χ3n) is 5.49. The summed E-state index contributed by atoms with van der Waals surface area (Å²) in [5.41, 5.74) is 0.670. The summed E-state index contributed by atoms with van der Waals surface area (Å²) in [5, 5.41) is 3.22. The van der Waals surface area contributed by atoms with Crippen molar-refractivity contribution in [3.05, 3.63) is 71.8 Å². The highest BCUT2D eigenvalue weighted by atomic mass is 35.5. The molecule has 1 aliphatic rings. The molecule has 8 heteroatoms. The topological polar surface area (TPSA) is 69.7 Å². The summed E-state index contributed by atoms with van der Waals surface area (Å²) in [6.45, 7) is 7.48. The highest BCUT2D eigenvalue weighted by molar-refractivity contribution is 7.92. The second kappa shape index (κ2) is 11.5. The number of carbonyl (C=O) groups excluding carboxylic acids is 1. The molecule has 0 aromatic heterocycles. The number of piperidine rings is 1. The normalized spacial score (nSPS) is 14.7. The molecule has 0 spiro atoms. The molecule has 1 N–H and O–H groups in total. The smallest absolute Gasteiger partial charge is 0.264 e. The average molecular weight is 476 g/mol. The van der Waals surface area contributed by atoms with Gasteiger partial charge in [0, 0.05) is 12.1 Å². The number of para-hydroxylation sites is 1. The molecule has 6 nitrogen and oxygen atoms in total. The van der Waals surface area contributed by atoms with Crippen LogP contribution in [-0.4, -0.2) is 51.9 Å². The zero-order valence-electron chi connectivity index (χ0n) is 18.2. The van der Waals surface area contributed by atoms with Gasteiger partial charge >= 0.3 is 0 Å². The van der Waals surface area contributed by atoms with Crippen LogP contribution in [0.4, 0.5) is 5.69 Å². The van der Waals surface area contributed by atoms with E-state index in [0.29, 0.717) is 22.8 Å². The number of rotatable bonds is 10. The predicted molar refractivity (Wildman–Crippen MR) is 130 cm³/mol. The predicted octanol–water partition coefficient (Wildman–Crippen LogP) is 4.33. The molecule has 32 heavy (non-hydrogen) atoms. The zero-order chi connectivity index (χ0) is 23.0. The fourth-order valence-corrected chi connectivity index (χ4v) is 5.60. The van der Waals surface area contributed by atoms with Crippen LogP contribution in [0.2, 0.25) is 5.02 Å². The first-order valence-electron chi connectivity index (χ1n) is 10.9. The number of sulfonamides is 1. The number of carbonyl (C=O) groups is 1. The summed E-state index contributed by atoms with van der Waals surface area (Å²) in [5.74, 6) is -0.284. The Morgan fingerprint density at radius 1 is 1.12 bits per heavy atom. The van der Waals surface area contributed by atoms with Crippen LogP contribution < -0.4 is 9.62 Å². The number of amides is 1.